The molecule has 0 spiro atoms. The van der Waals surface area contributed by atoms with Crippen LogP contribution in [0.3, 0.4) is 0 Å². The Balaban J connectivity index is 1.50. The molecule has 4 rings (SSSR count). The van der Waals surface area contributed by atoms with Gasteiger partial charge in [0.15, 0.2) is 5.82 Å². The van der Waals surface area contributed by atoms with E-state index in [0.29, 0.717) is 11.3 Å². The number of aromatic nitrogens is 4. The minimum atomic E-state index is -0.806. The standard InChI is InChI=1S/C20H20N6O4/c27-16(12-26-18(25-30-20(26)29)17-21-10-5-11-22-17)24-15-9-4-3-8-14(15)19(28)23-13-6-1-2-7-13/h3-5,8-11,13H,1-2,6-7,12H2,(H,23,28)(H,24,27). The summed E-state index contributed by atoms with van der Waals surface area (Å²) in [6, 6.07) is 8.51. The van der Waals surface area contributed by atoms with Crippen LogP contribution in [0.25, 0.3) is 11.6 Å². The van der Waals surface area contributed by atoms with Crippen molar-refractivity contribution in [1.29, 1.82) is 0 Å². The second-order valence-corrected chi connectivity index (χ2v) is 6.98. The van der Waals surface area contributed by atoms with Crippen LogP contribution in [-0.2, 0) is 11.3 Å². The van der Waals surface area contributed by atoms with Crippen molar-refractivity contribution in [2.75, 3.05) is 5.32 Å². The fourth-order valence-electron chi connectivity index (χ4n) is 3.44. The third-order valence-electron chi connectivity index (χ3n) is 4.89. The number of carbonyl (C=O) groups excluding carboxylic acids is 2. The third-order valence-corrected chi connectivity index (χ3v) is 4.89. The number of hydrogen-bond donors (Lipinski definition) is 2. The molecule has 2 N–H and O–H groups in total. The highest BCUT2D eigenvalue weighted by Crippen LogP contribution is 2.20. The molecule has 0 saturated heterocycles. The molecule has 1 saturated carbocycles. The highest BCUT2D eigenvalue weighted by atomic mass is 16.5. The van der Waals surface area contributed by atoms with Crippen LogP contribution in [0, 0.1) is 0 Å². The van der Waals surface area contributed by atoms with Crippen LogP contribution in [0.15, 0.2) is 52.0 Å². The van der Waals surface area contributed by atoms with Gasteiger partial charge in [-0.05, 0) is 31.0 Å². The van der Waals surface area contributed by atoms with E-state index in [0.717, 1.165) is 30.3 Å². The number of anilines is 1. The van der Waals surface area contributed by atoms with E-state index >= 15 is 0 Å². The van der Waals surface area contributed by atoms with Gasteiger partial charge in [0.25, 0.3) is 5.91 Å². The largest absolute Gasteiger partial charge is 0.442 e. The summed E-state index contributed by atoms with van der Waals surface area (Å²) in [4.78, 5) is 45.3. The summed E-state index contributed by atoms with van der Waals surface area (Å²) < 4.78 is 5.70. The van der Waals surface area contributed by atoms with Crippen LogP contribution in [-0.4, -0.2) is 37.5 Å². The van der Waals surface area contributed by atoms with E-state index in [-0.39, 0.29) is 30.1 Å². The number of para-hydroxylation sites is 1. The summed E-state index contributed by atoms with van der Waals surface area (Å²) in [5.41, 5.74) is 0.724. The Labute approximate surface area is 171 Å². The third kappa shape index (κ3) is 4.27. The summed E-state index contributed by atoms with van der Waals surface area (Å²) in [6.07, 6.45) is 7.10. The Morgan fingerprint density at radius 2 is 1.83 bits per heavy atom. The Hall–Kier alpha value is -3.82. The molecule has 0 unspecified atom stereocenters. The second-order valence-electron chi connectivity index (χ2n) is 6.98. The number of benzene rings is 1. The van der Waals surface area contributed by atoms with Crippen molar-refractivity contribution in [2.24, 2.45) is 0 Å². The molecule has 1 fully saturated rings. The van der Waals surface area contributed by atoms with Gasteiger partial charge < -0.3 is 10.6 Å². The van der Waals surface area contributed by atoms with E-state index in [2.05, 4.69) is 30.3 Å². The SMILES string of the molecule is O=C(Cn1c(-c2ncccn2)noc1=O)Nc1ccccc1C(=O)NC1CCCC1. The van der Waals surface area contributed by atoms with Gasteiger partial charge in [0.2, 0.25) is 11.7 Å². The average molecular weight is 408 g/mol. The van der Waals surface area contributed by atoms with Gasteiger partial charge in [-0.15, -0.1) is 0 Å². The number of rotatable bonds is 6. The van der Waals surface area contributed by atoms with Gasteiger partial charge in [-0.25, -0.2) is 19.3 Å². The molecular formula is C20H20N6O4. The second kappa shape index (κ2) is 8.68. The fraction of sp³-hybridized carbons (Fsp3) is 0.300. The van der Waals surface area contributed by atoms with Crippen molar-refractivity contribution in [1.82, 2.24) is 25.0 Å². The predicted octanol–water partition coefficient (Wildman–Crippen LogP) is 1.60. The molecule has 0 bridgehead atoms. The van der Waals surface area contributed by atoms with Gasteiger partial charge in [-0.2, -0.15) is 0 Å². The van der Waals surface area contributed by atoms with Crippen LogP contribution in [0.1, 0.15) is 36.0 Å². The quantitative estimate of drug-likeness (QED) is 0.633. The van der Waals surface area contributed by atoms with E-state index in [1.54, 1.807) is 30.3 Å². The maximum atomic E-state index is 12.7. The van der Waals surface area contributed by atoms with Gasteiger partial charge >= 0.3 is 5.76 Å². The molecule has 3 aromatic rings. The number of nitrogens with one attached hydrogen (secondary N) is 2. The lowest BCUT2D eigenvalue weighted by Crippen LogP contribution is -2.33. The highest BCUT2D eigenvalue weighted by molar-refractivity contribution is 6.03. The smallest absolute Gasteiger partial charge is 0.349 e. The topological polar surface area (TPSA) is 132 Å². The van der Waals surface area contributed by atoms with Crippen molar-refractivity contribution in [3.8, 4) is 11.6 Å². The van der Waals surface area contributed by atoms with Crippen LogP contribution in [0.5, 0.6) is 0 Å². The van der Waals surface area contributed by atoms with E-state index in [9.17, 15) is 14.4 Å². The molecule has 2 heterocycles. The van der Waals surface area contributed by atoms with Crippen molar-refractivity contribution >= 4 is 17.5 Å². The maximum Gasteiger partial charge on any atom is 0.442 e. The number of amides is 2. The zero-order valence-electron chi connectivity index (χ0n) is 16.1. The molecule has 2 aromatic heterocycles. The molecule has 30 heavy (non-hydrogen) atoms. The van der Waals surface area contributed by atoms with E-state index in [1.165, 1.54) is 12.4 Å². The molecule has 154 valence electrons. The highest BCUT2D eigenvalue weighted by Gasteiger charge is 2.21. The number of nitrogens with zero attached hydrogens (tertiary/aromatic N) is 4. The van der Waals surface area contributed by atoms with Crippen molar-refractivity contribution in [3.63, 3.8) is 0 Å². The molecule has 1 aromatic carbocycles. The number of carbonyl (C=O) groups is 2. The summed E-state index contributed by atoms with van der Waals surface area (Å²) in [6.45, 7) is -0.367. The molecule has 0 radical (unpaired) electrons. The fourth-order valence-corrected chi connectivity index (χ4v) is 3.44. The summed E-state index contributed by atoms with van der Waals surface area (Å²) in [5.74, 6) is -1.35. The van der Waals surface area contributed by atoms with E-state index in [1.807, 2.05) is 0 Å². The first-order valence-electron chi connectivity index (χ1n) is 9.65. The van der Waals surface area contributed by atoms with Crippen LogP contribution >= 0.6 is 0 Å². The Kier molecular flexibility index (Phi) is 5.64. The molecule has 0 atom stereocenters. The minimum absolute atomic E-state index is 0.0445. The lowest BCUT2D eigenvalue weighted by molar-refractivity contribution is -0.116. The van der Waals surface area contributed by atoms with Gasteiger partial charge in [0.05, 0.1) is 11.3 Å². The molecular weight excluding hydrogens is 388 g/mol. The predicted molar refractivity (Wildman–Crippen MR) is 107 cm³/mol. The van der Waals surface area contributed by atoms with Crippen molar-refractivity contribution in [3.05, 3.63) is 58.8 Å². The molecule has 10 nitrogen and oxygen atoms in total. The molecule has 10 heteroatoms. The first kappa shape index (κ1) is 19.5. The van der Waals surface area contributed by atoms with Gasteiger partial charge in [-0.3, -0.25) is 14.1 Å². The first-order chi connectivity index (χ1) is 14.6. The normalized spacial score (nSPS) is 13.9. The Morgan fingerprint density at radius 1 is 1.10 bits per heavy atom. The zero-order valence-corrected chi connectivity index (χ0v) is 16.1. The number of hydrogen-bond acceptors (Lipinski definition) is 7. The molecule has 1 aliphatic carbocycles. The maximum absolute atomic E-state index is 12.7. The summed E-state index contributed by atoms with van der Waals surface area (Å²) in [5, 5.41) is 9.35. The molecule has 0 aliphatic heterocycles. The molecule has 1 aliphatic rings. The first-order valence-corrected chi connectivity index (χ1v) is 9.65. The van der Waals surface area contributed by atoms with E-state index in [4.69, 9.17) is 0 Å². The zero-order chi connectivity index (χ0) is 20.9. The van der Waals surface area contributed by atoms with Crippen molar-refractivity contribution < 1.29 is 14.1 Å². The van der Waals surface area contributed by atoms with Crippen molar-refractivity contribution in [2.45, 2.75) is 38.3 Å². The minimum Gasteiger partial charge on any atom is -0.349 e. The van der Waals surface area contributed by atoms with Crippen LogP contribution in [0.4, 0.5) is 5.69 Å². The van der Waals surface area contributed by atoms with Gasteiger partial charge in [0.1, 0.15) is 6.54 Å². The van der Waals surface area contributed by atoms with Crippen LogP contribution < -0.4 is 16.4 Å². The average Bonchev–Trinajstić information content (AvgIpc) is 3.39. The lowest BCUT2D eigenvalue weighted by atomic mass is 10.1. The lowest BCUT2D eigenvalue weighted by Gasteiger charge is -2.15. The Morgan fingerprint density at radius 3 is 2.60 bits per heavy atom. The Bertz CT molecular complexity index is 1100. The summed E-state index contributed by atoms with van der Waals surface area (Å²) in [7, 11) is 0. The van der Waals surface area contributed by atoms with E-state index < -0.39 is 11.7 Å². The monoisotopic (exact) mass is 408 g/mol. The van der Waals surface area contributed by atoms with Gasteiger partial charge in [0, 0.05) is 18.4 Å². The summed E-state index contributed by atoms with van der Waals surface area (Å²) >= 11 is 0. The van der Waals surface area contributed by atoms with Crippen LogP contribution in [0.2, 0.25) is 0 Å². The molecule has 2 amide bonds. The van der Waals surface area contributed by atoms with Gasteiger partial charge in [-0.1, -0.05) is 30.1 Å².